The number of pyridine rings is 1. The van der Waals surface area contributed by atoms with Crippen molar-refractivity contribution in [3.05, 3.63) is 70.6 Å². The number of nitrogens with zero attached hydrogens (tertiary/aromatic N) is 3. The molecule has 1 aromatic carbocycles. The molecule has 6 heteroatoms. The second-order valence-electron chi connectivity index (χ2n) is 7.70. The summed E-state index contributed by atoms with van der Waals surface area (Å²) in [5.41, 5.74) is 3.29. The van der Waals surface area contributed by atoms with Gasteiger partial charge in [0, 0.05) is 18.3 Å². The number of Topliss-reactive ketones (excluding diaryl/α,β-unsaturated/α-hetero) is 1. The van der Waals surface area contributed by atoms with Crippen molar-refractivity contribution in [2.45, 2.75) is 26.3 Å². The van der Waals surface area contributed by atoms with Crippen LogP contribution in [0.5, 0.6) is 0 Å². The Morgan fingerprint density at radius 2 is 1.90 bits per heavy atom. The van der Waals surface area contributed by atoms with Gasteiger partial charge >= 0.3 is 0 Å². The molecule has 0 aliphatic carbocycles. The van der Waals surface area contributed by atoms with E-state index in [9.17, 15) is 14.7 Å². The maximum atomic E-state index is 12.9. The third kappa shape index (κ3) is 4.22. The van der Waals surface area contributed by atoms with Gasteiger partial charge in [0.15, 0.2) is 0 Å². The molecule has 0 spiro atoms. The number of aliphatic hydroxyl groups is 1. The molecule has 0 saturated carbocycles. The van der Waals surface area contributed by atoms with Gasteiger partial charge in [-0.2, -0.15) is 0 Å². The summed E-state index contributed by atoms with van der Waals surface area (Å²) in [4.78, 5) is 33.7. The Hall–Kier alpha value is -2.99. The van der Waals surface area contributed by atoms with E-state index in [1.165, 1.54) is 4.90 Å². The average molecular weight is 393 g/mol. The number of rotatable bonds is 6. The zero-order valence-electron chi connectivity index (χ0n) is 17.3. The maximum absolute atomic E-state index is 12.9. The first-order valence-electron chi connectivity index (χ1n) is 9.73. The maximum Gasteiger partial charge on any atom is 0.295 e. The number of amides is 1. The predicted octanol–water partition coefficient (Wildman–Crippen LogP) is 3.07. The quantitative estimate of drug-likeness (QED) is 0.464. The van der Waals surface area contributed by atoms with Crippen LogP contribution in [0.2, 0.25) is 0 Å². The minimum Gasteiger partial charge on any atom is -0.507 e. The second-order valence-corrected chi connectivity index (χ2v) is 7.70. The normalized spacial score (nSPS) is 18.7. The van der Waals surface area contributed by atoms with Crippen LogP contribution in [0.3, 0.4) is 0 Å². The van der Waals surface area contributed by atoms with Gasteiger partial charge in [0.05, 0.1) is 11.3 Å². The van der Waals surface area contributed by atoms with Crippen LogP contribution in [0.1, 0.15) is 34.8 Å². The summed E-state index contributed by atoms with van der Waals surface area (Å²) in [6.07, 6.45) is 2.35. The third-order valence-electron chi connectivity index (χ3n) is 5.29. The van der Waals surface area contributed by atoms with Gasteiger partial charge < -0.3 is 14.9 Å². The van der Waals surface area contributed by atoms with E-state index in [1.54, 1.807) is 24.4 Å². The largest absolute Gasteiger partial charge is 0.507 e. The number of hydrogen-bond acceptors (Lipinski definition) is 5. The topological polar surface area (TPSA) is 73.7 Å². The van der Waals surface area contributed by atoms with Crippen molar-refractivity contribution in [3.63, 3.8) is 0 Å². The number of carbonyl (C=O) groups excluding carboxylic acids is 2. The zero-order chi connectivity index (χ0) is 21.1. The molecule has 1 aromatic heterocycles. The Balaban J connectivity index is 2.09. The van der Waals surface area contributed by atoms with Gasteiger partial charge in [0.1, 0.15) is 11.8 Å². The Kier molecular flexibility index (Phi) is 6.13. The molecule has 1 unspecified atom stereocenters. The first-order chi connectivity index (χ1) is 13.8. The van der Waals surface area contributed by atoms with Gasteiger partial charge in [-0.1, -0.05) is 18.2 Å². The molecule has 1 fully saturated rings. The monoisotopic (exact) mass is 393 g/mol. The molecule has 1 amide bonds. The van der Waals surface area contributed by atoms with Crippen molar-refractivity contribution in [1.82, 2.24) is 14.8 Å². The lowest BCUT2D eigenvalue weighted by Gasteiger charge is -2.25. The number of likely N-dealkylation sites (tertiary alicyclic amines) is 1. The molecule has 1 saturated heterocycles. The molecule has 2 heterocycles. The molecule has 1 N–H and O–H groups in total. The molecule has 29 heavy (non-hydrogen) atoms. The van der Waals surface area contributed by atoms with Gasteiger partial charge in [-0.05, 0) is 70.2 Å². The molecule has 152 valence electrons. The summed E-state index contributed by atoms with van der Waals surface area (Å²) in [6, 6.07) is 10.2. The average Bonchev–Trinajstić information content (AvgIpc) is 2.95. The van der Waals surface area contributed by atoms with Crippen LogP contribution in [-0.4, -0.2) is 58.8 Å². The Morgan fingerprint density at radius 3 is 2.52 bits per heavy atom. The van der Waals surface area contributed by atoms with E-state index in [-0.39, 0.29) is 11.3 Å². The minimum atomic E-state index is -0.694. The van der Waals surface area contributed by atoms with E-state index in [1.807, 2.05) is 51.0 Å². The zero-order valence-corrected chi connectivity index (χ0v) is 17.3. The number of benzene rings is 1. The number of aromatic nitrogens is 1. The summed E-state index contributed by atoms with van der Waals surface area (Å²) in [7, 11) is 3.92. The Labute approximate surface area is 171 Å². The van der Waals surface area contributed by atoms with E-state index < -0.39 is 17.7 Å². The smallest absolute Gasteiger partial charge is 0.295 e. The van der Waals surface area contributed by atoms with E-state index >= 15 is 0 Å². The lowest BCUT2D eigenvalue weighted by Crippen LogP contribution is -2.32. The van der Waals surface area contributed by atoms with Crippen LogP contribution in [0.25, 0.3) is 5.76 Å². The van der Waals surface area contributed by atoms with Crippen LogP contribution < -0.4 is 0 Å². The molecule has 0 radical (unpaired) electrons. The third-order valence-corrected chi connectivity index (χ3v) is 5.29. The fourth-order valence-electron chi connectivity index (χ4n) is 3.56. The van der Waals surface area contributed by atoms with Crippen molar-refractivity contribution in [1.29, 1.82) is 0 Å². The number of carbonyl (C=O) groups is 2. The highest BCUT2D eigenvalue weighted by Gasteiger charge is 2.46. The predicted molar refractivity (Wildman–Crippen MR) is 112 cm³/mol. The molecule has 1 aliphatic rings. The fraction of sp³-hybridized carbons (Fsp3) is 0.348. The number of hydrogen-bond donors (Lipinski definition) is 1. The minimum absolute atomic E-state index is 0.0989. The van der Waals surface area contributed by atoms with E-state index in [0.717, 1.165) is 17.7 Å². The van der Waals surface area contributed by atoms with Gasteiger partial charge in [0.2, 0.25) is 0 Å². The van der Waals surface area contributed by atoms with Crippen LogP contribution >= 0.6 is 0 Å². The summed E-state index contributed by atoms with van der Waals surface area (Å²) in [5, 5.41) is 11.0. The highest BCUT2D eigenvalue weighted by molar-refractivity contribution is 6.46. The first-order valence-corrected chi connectivity index (χ1v) is 9.73. The lowest BCUT2D eigenvalue weighted by molar-refractivity contribution is -0.140. The van der Waals surface area contributed by atoms with Crippen molar-refractivity contribution in [3.8, 4) is 0 Å². The fourth-order valence-corrected chi connectivity index (χ4v) is 3.56. The lowest BCUT2D eigenvalue weighted by atomic mass is 9.96. The van der Waals surface area contributed by atoms with E-state index in [2.05, 4.69) is 4.98 Å². The second kappa shape index (κ2) is 8.57. The standard InChI is InChI=1S/C23H27N3O3/c1-15-9-10-17(14-16(15)2)21(27)19-20(18-8-5-6-11-24-18)26(23(29)22(19)28)13-7-12-25(3)4/h5-6,8-11,14,20,27H,7,12-13H2,1-4H3/b21-19-. The van der Waals surface area contributed by atoms with Crippen LogP contribution in [-0.2, 0) is 9.59 Å². The van der Waals surface area contributed by atoms with Crippen LogP contribution in [0.15, 0.2) is 48.2 Å². The Bertz CT molecular complexity index is 951. The molecule has 1 atom stereocenters. The molecule has 3 rings (SSSR count). The number of ketones is 1. The molecule has 0 bridgehead atoms. The van der Waals surface area contributed by atoms with Crippen molar-refractivity contribution < 1.29 is 14.7 Å². The van der Waals surface area contributed by atoms with Gasteiger partial charge in [-0.15, -0.1) is 0 Å². The molecule has 2 aromatic rings. The van der Waals surface area contributed by atoms with E-state index in [4.69, 9.17) is 0 Å². The van der Waals surface area contributed by atoms with Crippen LogP contribution in [0, 0.1) is 13.8 Å². The van der Waals surface area contributed by atoms with Crippen LogP contribution in [0.4, 0.5) is 0 Å². The molecular weight excluding hydrogens is 366 g/mol. The van der Waals surface area contributed by atoms with Crippen molar-refractivity contribution >= 4 is 17.4 Å². The first kappa shape index (κ1) is 20.7. The van der Waals surface area contributed by atoms with E-state index in [0.29, 0.717) is 24.2 Å². The SMILES string of the molecule is Cc1ccc(/C(O)=C2/C(=O)C(=O)N(CCCN(C)C)C2c2ccccn2)cc1C. The molecular formula is C23H27N3O3. The Morgan fingerprint density at radius 1 is 1.14 bits per heavy atom. The number of aryl methyl sites for hydroxylation is 2. The molecule has 6 nitrogen and oxygen atoms in total. The van der Waals surface area contributed by atoms with Gasteiger partial charge in [-0.25, -0.2) is 0 Å². The van der Waals surface area contributed by atoms with Crippen molar-refractivity contribution in [2.24, 2.45) is 0 Å². The van der Waals surface area contributed by atoms with Gasteiger partial charge in [-0.3, -0.25) is 14.6 Å². The number of aliphatic hydroxyl groups excluding tert-OH is 1. The summed E-state index contributed by atoms with van der Waals surface area (Å²) in [6.45, 7) is 5.13. The highest BCUT2D eigenvalue weighted by atomic mass is 16.3. The molecule has 1 aliphatic heterocycles. The summed E-state index contributed by atoms with van der Waals surface area (Å²) in [5.74, 6) is -1.41. The van der Waals surface area contributed by atoms with Crippen molar-refractivity contribution in [2.75, 3.05) is 27.2 Å². The summed E-state index contributed by atoms with van der Waals surface area (Å²) < 4.78 is 0. The van der Waals surface area contributed by atoms with Gasteiger partial charge in [0.25, 0.3) is 11.7 Å². The summed E-state index contributed by atoms with van der Waals surface area (Å²) >= 11 is 0. The highest BCUT2D eigenvalue weighted by Crippen LogP contribution is 2.38.